The van der Waals surface area contributed by atoms with Gasteiger partial charge in [0.15, 0.2) is 11.3 Å². The van der Waals surface area contributed by atoms with E-state index in [1.54, 1.807) is 22.9 Å². The molecule has 1 aromatic carbocycles. The average Bonchev–Trinajstić information content (AvgIpc) is 3.26. The van der Waals surface area contributed by atoms with Crippen molar-refractivity contribution in [3.63, 3.8) is 0 Å². The van der Waals surface area contributed by atoms with Crippen molar-refractivity contribution in [2.24, 2.45) is 5.92 Å². The second-order valence-corrected chi connectivity index (χ2v) is 10.6. The number of halogens is 1. The van der Waals surface area contributed by atoms with Crippen LogP contribution in [0, 0.1) is 11.7 Å². The number of piperidine rings is 1. The highest BCUT2D eigenvalue weighted by atomic mass is 19.1. The van der Waals surface area contributed by atoms with Crippen LogP contribution in [0.2, 0.25) is 0 Å². The first-order chi connectivity index (χ1) is 18.1. The Kier molecular flexibility index (Phi) is 6.82. The molecule has 6 rings (SSSR count). The van der Waals surface area contributed by atoms with Crippen LogP contribution in [-0.2, 0) is 4.74 Å². The summed E-state index contributed by atoms with van der Waals surface area (Å²) in [6.07, 6.45) is 6.66. The number of hydrogen-bond donors (Lipinski definition) is 1. The molecule has 9 heteroatoms. The number of rotatable bonds is 7. The van der Waals surface area contributed by atoms with E-state index in [2.05, 4.69) is 14.8 Å². The normalized spacial score (nSPS) is 19.9. The number of anilines is 1. The highest BCUT2D eigenvalue weighted by Crippen LogP contribution is 2.43. The third kappa shape index (κ3) is 4.94. The number of aromatic nitrogens is 3. The van der Waals surface area contributed by atoms with Gasteiger partial charge in [0.1, 0.15) is 5.82 Å². The second kappa shape index (κ2) is 10.4. The van der Waals surface area contributed by atoms with Crippen molar-refractivity contribution in [2.45, 2.75) is 44.4 Å². The molecule has 0 unspecified atom stereocenters. The van der Waals surface area contributed by atoms with Gasteiger partial charge in [0.05, 0.1) is 35.7 Å². The van der Waals surface area contributed by atoms with Crippen LogP contribution < -0.4 is 4.90 Å². The lowest BCUT2D eigenvalue weighted by Crippen LogP contribution is -2.39. The molecule has 37 heavy (non-hydrogen) atoms. The van der Waals surface area contributed by atoms with E-state index in [1.807, 2.05) is 0 Å². The van der Waals surface area contributed by atoms with Crippen molar-refractivity contribution >= 4 is 22.7 Å². The average molecular weight is 508 g/mol. The van der Waals surface area contributed by atoms with Crippen LogP contribution in [0.3, 0.4) is 0 Å². The first-order valence-corrected chi connectivity index (χ1v) is 13.5. The molecule has 3 aromatic rings. The van der Waals surface area contributed by atoms with Crippen molar-refractivity contribution in [1.82, 2.24) is 19.7 Å². The minimum absolute atomic E-state index is 0.0142. The lowest BCUT2D eigenvalue weighted by molar-refractivity contribution is 0.0349. The van der Waals surface area contributed by atoms with E-state index in [0.29, 0.717) is 23.2 Å². The van der Waals surface area contributed by atoms with Gasteiger partial charge in [-0.2, -0.15) is 5.10 Å². The molecule has 2 aromatic heterocycles. The number of carbonyl (C=O) groups is 1. The molecule has 3 fully saturated rings. The van der Waals surface area contributed by atoms with Crippen LogP contribution >= 0.6 is 0 Å². The summed E-state index contributed by atoms with van der Waals surface area (Å²) < 4.78 is 20.8. The van der Waals surface area contributed by atoms with Crippen LogP contribution in [0.25, 0.3) is 16.7 Å². The van der Waals surface area contributed by atoms with E-state index in [1.165, 1.54) is 25.0 Å². The Bertz CT molecular complexity index is 1260. The highest BCUT2D eigenvalue weighted by molar-refractivity contribution is 5.98. The fourth-order valence-electron chi connectivity index (χ4n) is 5.86. The number of nitrogens with zero attached hydrogens (tertiary/aromatic N) is 5. The summed E-state index contributed by atoms with van der Waals surface area (Å²) in [5, 5.41) is 15.8. The Labute approximate surface area is 216 Å². The van der Waals surface area contributed by atoms with Crippen LogP contribution in [0.4, 0.5) is 10.1 Å². The Morgan fingerprint density at radius 3 is 2.43 bits per heavy atom. The van der Waals surface area contributed by atoms with Crippen LogP contribution in [0.5, 0.6) is 0 Å². The number of ether oxygens (including phenoxy) is 1. The lowest BCUT2D eigenvalue weighted by Gasteiger charge is -2.36. The predicted octanol–water partition coefficient (Wildman–Crippen LogP) is 4.46. The Morgan fingerprint density at radius 2 is 1.78 bits per heavy atom. The van der Waals surface area contributed by atoms with Gasteiger partial charge >= 0.3 is 5.97 Å². The summed E-state index contributed by atoms with van der Waals surface area (Å²) in [6, 6.07) is 7.87. The molecule has 0 bridgehead atoms. The smallest absolute Gasteiger partial charge is 0.354 e. The van der Waals surface area contributed by atoms with E-state index in [4.69, 9.17) is 9.84 Å². The summed E-state index contributed by atoms with van der Waals surface area (Å²) in [7, 11) is 0. The van der Waals surface area contributed by atoms with Crippen LogP contribution in [-0.4, -0.2) is 76.7 Å². The van der Waals surface area contributed by atoms with Gasteiger partial charge in [-0.1, -0.05) is 6.42 Å². The maximum atomic E-state index is 13.6. The molecule has 2 saturated heterocycles. The summed E-state index contributed by atoms with van der Waals surface area (Å²) in [5.74, 6) is -0.369. The molecular weight excluding hydrogens is 473 g/mol. The summed E-state index contributed by atoms with van der Waals surface area (Å²) in [4.78, 5) is 21.5. The van der Waals surface area contributed by atoms with Gasteiger partial charge in [0.25, 0.3) is 0 Å². The fourth-order valence-corrected chi connectivity index (χ4v) is 5.86. The molecule has 0 radical (unpaired) electrons. The van der Waals surface area contributed by atoms with Crippen molar-refractivity contribution in [1.29, 1.82) is 0 Å². The molecule has 4 heterocycles. The maximum absolute atomic E-state index is 13.6. The number of benzene rings is 1. The van der Waals surface area contributed by atoms with Gasteiger partial charge in [-0.3, -0.25) is 4.90 Å². The lowest BCUT2D eigenvalue weighted by atomic mass is 9.81. The van der Waals surface area contributed by atoms with Crippen molar-refractivity contribution in [3.05, 3.63) is 47.5 Å². The molecule has 0 amide bonds. The first-order valence-electron chi connectivity index (χ1n) is 13.5. The zero-order valence-electron chi connectivity index (χ0n) is 21.1. The standard InChI is InChI=1S/C28H34FN5O3/c29-21-4-6-22(7-5-21)34-27-25(26(31-34)20-2-1-3-20)24(18-23(30-27)28(35)36)33-12-9-19(10-13-33)8-11-32-14-16-37-17-15-32/h4-7,18-20H,1-3,8-17H2,(H,35,36). The second-order valence-electron chi connectivity index (χ2n) is 10.6. The molecule has 3 aliphatic rings. The van der Waals surface area contributed by atoms with Crippen molar-refractivity contribution < 1.29 is 19.0 Å². The van der Waals surface area contributed by atoms with Crippen LogP contribution in [0.15, 0.2) is 30.3 Å². The van der Waals surface area contributed by atoms with Gasteiger partial charge in [-0.15, -0.1) is 0 Å². The van der Waals surface area contributed by atoms with Gasteiger partial charge in [0.2, 0.25) is 0 Å². The third-order valence-electron chi connectivity index (χ3n) is 8.34. The predicted molar refractivity (Wildman–Crippen MR) is 139 cm³/mol. The summed E-state index contributed by atoms with van der Waals surface area (Å²) in [5.41, 5.74) is 3.14. The number of fused-ring (bicyclic) bond motifs is 1. The van der Waals surface area contributed by atoms with Crippen molar-refractivity contribution in [2.75, 3.05) is 50.8 Å². The molecule has 0 spiro atoms. The van der Waals surface area contributed by atoms with E-state index < -0.39 is 5.97 Å². The van der Waals surface area contributed by atoms with E-state index in [0.717, 1.165) is 88.4 Å². The molecule has 8 nitrogen and oxygen atoms in total. The minimum atomic E-state index is -1.06. The minimum Gasteiger partial charge on any atom is -0.477 e. The number of carboxylic acid groups (broad SMARTS) is 1. The number of morpholine rings is 1. The van der Waals surface area contributed by atoms with E-state index in [-0.39, 0.29) is 11.5 Å². The number of aromatic carboxylic acids is 1. The third-order valence-corrected chi connectivity index (χ3v) is 8.34. The van der Waals surface area contributed by atoms with Gasteiger partial charge < -0.3 is 14.7 Å². The molecule has 2 aliphatic heterocycles. The molecule has 0 atom stereocenters. The number of pyridine rings is 1. The highest BCUT2D eigenvalue weighted by Gasteiger charge is 2.31. The topological polar surface area (TPSA) is 83.7 Å². The van der Waals surface area contributed by atoms with Gasteiger partial charge in [-0.05, 0) is 74.9 Å². The largest absolute Gasteiger partial charge is 0.477 e. The maximum Gasteiger partial charge on any atom is 0.354 e. The Balaban J connectivity index is 1.32. The number of hydrogen-bond acceptors (Lipinski definition) is 6. The molecule has 1 saturated carbocycles. The molecule has 1 aliphatic carbocycles. The first kappa shape index (κ1) is 24.3. The Morgan fingerprint density at radius 1 is 1.05 bits per heavy atom. The Hall–Kier alpha value is -3.04. The van der Waals surface area contributed by atoms with Gasteiger partial charge in [0, 0.05) is 32.1 Å². The van der Waals surface area contributed by atoms with Gasteiger partial charge in [-0.25, -0.2) is 18.9 Å². The quantitative estimate of drug-likeness (QED) is 0.505. The van der Waals surface area contributed by atoms with E-state index in [9.17, 15) is 14.3 Å². The van der Waals surface area contributed by atoms with Crippen LogP contribution in [0.1, 0.15) is 60.6 Å². The molecule has 196 valence electrons. The van der Waals surface area contributed by atoms with E-state index >= 15 is 0 Å². The summed E-state index contributed by atoms with van der Waals surface area (Å²) in [6.45, 7) is 6.60. The number of carboxylic acids is 1. The molecular formula is C28H34FN5O3. The zero-order chi connectivity index (χ0) is 25.4. The fraction of sp³-hybridized carbons (Fsp3) is 0.536. The van der Waals surface area contributed by atoms with Crippen molar-refractivity contribution in [3.8, 4) is 5.69 Å². The zero-order valence-corrected chi connectivity index (χ0v) is 21.1. The monoisotopic (exact) mass is 507 g/mol. The SMILES string of the molecule is O=C(O)c1cc(N2CCC(CCN3CCOCC3)CC2)c2c(C3CCC3)nn(-c3ccc(F)cc3)c2n1. The summed E-state index contributed by atoms with van der Waals surface area (Å²) >= 11 is 0. The molecule has 1 N–H and O–H groups in total.